The first-order chi connectivity index (χ1) is 15.0. The summed E-state index contributed by atoms with van der Waals surface area (Å²) in [7, 11) is 0. The highest BCUT2D eigenvalue weighted by atomic mass is 16.6. The van der Waals surface area contributed by atoms with E-state index in [1.54, 1.807) is 0 Å². The van der Waals surface area contributed by atoms with Crippen LogP contribution in [0.1, 0.15) is 20.7 Å². The van der Waals surface area contributed by atoms with Gasteiger partial charge in [-0.1, -0.05) is 0 Å². The Morgan fingerprint density at radius 3 is 1.16 bits per heavy atom. The summed E-state index contributed by atoms with van der Waals surface area (Å²) in [5.41, 5.74) is -1.38. The molecule has 14 heteroatoms. The van der Waals surface area contributed by atoms with Crippen LogP contribution < -0.4 is 0 Å². The van der Waals surface area contributed by atoms with Crippen LogP contribution >= 0.6 is 0 Å². The zero-order chi connectivity index (χ0) is 24.0. The minimum absolute atomic E-state index is 0.326. The molecule has 2 N–H and O–H groups in total. The third kappa shape index (κ3) is 5.59. The molecule has 2 aromatic carbocycles. The van der Waals surface area contributed by atoms with Gasteiger partial charge in [-0.05, 0) is 24.3 Å². The highest BCUT2D eigenvalue weighted by Gasteiger charge is 2.41. The van der Waals surface area contributed by atoms with Crippen molar-refractivity contribution >= 4 is 35.3 Å². The fraction of sp³-hybridized carbons (Fsp3) is 0.111. The van der Waals surface area contributed by atoms with Gasteiger partial charge in [0, 0.05) is 24.3 Å². The normalized spacial score (nSPS) is 12.1. The lowest BCUT2D eigenvalue weighted by Crippen LogP contribution is -2.45. The number of carboxylic acids is 2. The van der Waals surface area contributed by atoms with E-state index in [4.69, 9.17) is 0 Å². The number of carbonyl (C=O) groups is 4. The van der Waals surface area contributed by atoms with Gasteiger partial charge in [-0.3, -0.25) is 20.2 Å². The molecular weight excluding hydrogens is 436 g/mol. The summed E-state index contributed by atoms with van der Waals surface area (Å²) in [6.07, 6.45) is -4.95. The van der Waals surface area contributed by atoms with Crippen LogP contribution in [-0.4, -0.2) is 56.1 Å². The van der Waals surface area contributed by atoms with E-state index in [0.29, 0.717) is 0 Å². The molecule has 0 saturated carbocycles. The van der Waals surface area contributed by atoms with Gasteiger partial charge in [0.15, 0.2) is 0 Å². The number of carbonyl (C=O) groups excluding carboxylic acids is 2. The lowest BCUT2D eigenvalue weighted by molar-refractivity contribution is -0.385. The summed E-state index contributed by atoms with van der Waals surface area (Å²) in [6, 6.07) is 7.59. The lowest BCUT2D eigenvalue weighted by atomic mass is 10.1. The van der Waals surface area contributed by atoms with Crippen molar-refractivity contribution in [2.24, 2.45) is 0 Å². The van der Waals surface area contributed by atoms with Gasteiger partial charge >= 0.3 is 23.9 Å². The summed E-state index contributed by atoms with van der Waals surface area (Å²) in [5, 5.41) is 39.9. The summed E-state index contributed by atoms with van der Waals surface area (Å²) >= 11 is 0. The standard InChI is InChI=1S/C18H12N2O12/c21-15(22)13(31-17(25)9-1-5-11(6-2-9)19(27)28)14(16(23)24)32-18(26)10-3-7-12(8-4-10)20(29)30/h1-8,13-14H,(H,21,22)(H,23,24)/t13-,14-/m1/s1. The lowest BCUT2D eigenvalue weighted by Gasteiger charge is -2.21. The largest absolute Gasteiger partial charge is 0.478 e. The summed E-state index contributed by atoms with van der Waals surface area (Å²) in [4.78, 5) is 67.2. The van der Waals surface area contributed by atoms with Crippen LogP contribution in [0, 0.1) is 20.2 Å². The van der Waals surface area contributed by atoms with Crippen molar-refractivity contribution in [2.45, 2.75) is 12.2 Å². The van der Waals surface area contributed by atoms with E-state index in [1.165, 1.54) is 0 Å². The molecule has 0 aliphatic carbocycles. The Kier molecular flexibility index (Phi) is 7.13. The number of hydrogen-bond acceptors (Lipinski definition) is 10. The molecule has 0 amide bonds. The molecule has 0 aliphatic heterocycles. The van der Waals surface area contributed by atoms with Gasteiger partial charge in [-0.25, -0.2) is 19.2 Å². The summed E-state index contributed by atoms with van der Waals surface area (Å²) in [6.45, 7) is 0. The van der Waals surface area contributed by atoms with Crippen LogP contribution in [0.3, 0.4) is 0 Å². The molecule has 2 aromatic rings. The van der Waals surface area contributed by atoms with Gasteiger partial charge in [0.05, 0.1) is 21.0 Å². The predicted octanol–water partition coefficient (Wildman–Crippen LogP) is 1.42. The van der Waals surface area contributed by atoms with E-state index in [-0.39, 0.29) is 22.5 Å². The molecule has 0 aromatic heterocycles. The van der Waals surface area contributed by atoms with Crippen LogP contribution in [0.4, 0.5) is 11.4 Å². The molecule has 0 fully saturated rings. The first-order valence-corrected chi connectivity index (χ1v) is 8.37. The Labute approximate surface area is 176 Å². The van der Waals surface area contributed by atoms with E-state index in [2.05, 4.69) is 9.47 Å². The number of esters is 2. The molecule has 0 spiro atoms. The molecule has 0 saturated heterocycles. The molecule has 0 heterocycles. The van der Waals surface area contributed by atoms with E-state index in [0.717, 1.165) is 48.5 Å². The number of hydrogen-bond donors (Lipinski definition) is 2. The van der Waals surface area contributed by atoms with Gasteiger partial charge < -0.3 is 19.7 Å². The van der Waals surface area contributed by atoms with Crippen molar-refractivity contribution in [3.8, 4) is 0 Å². The van der Waals surface area contributed by atoms with E-state index in [9.17, 15) is 49.6 Å². The highest BCUT2D eigenvalue weighted by molar-refractivity contribution is 5.95. The minimum Gasteiger partial charge on any atom is -0.478 e. The average Bonchev–Trinajstić information content (AvgIpc) is 2.75. The van der Waals surface area contributed by atoms with Crippen LogP contribution in [0.2, 0.25) is 0 Å². The Morgan fingerprint density at radius 1 is 0.656 bits per heavy atom. The number of ether oxygens (including phenoxy) is 2. The smallest absolute Gasteiger partial charge is 0.349 e. The number of rotatable bonds is 9. The SMILES string of the molecule is O=C(O[C@@H](C(=O)O)[C@@H](OC(=O)c1ccc([N+](=O)[O-])cc1)C(=O)O)c1ccc([N+](=O)[O-])cc1. The molecule has 2 atom stereocenters. The number of nitro benzene ring substituents is 2. The van der Waals surface area contributed by atoms with E-state index in [1.807, 2.05) is 0 Å². The molecule has 0 unspecified atom stereocenters. The fourth-order valence-electron chi connectivity index (χ4n) is 2.29. The third-order valence-electron chi connectivity index (χ3n) is 3.86. The van der Waals surface area contributed by atoms with Crippen LogP contribution in [0.5, 0.6) is 0 Å². The first-order valence-electron chi connectivity index (χ1n) is 8.37. The zero-order valence-electron chi connectivity index (χ0n) is 15.6. The fourth-order valence-corrected chi connectivity index (χ4v) is 2.29. The van der Waals surface area contributed by atoms with Crippen LogP contribution in [-0.2, 0) is 19.1 Å². The second kappa shape index (κ2) is 9.75. The Morgan fingerprint density at radius 2 is 0.938 bits per heavy atom. The number of benzene rings is 2. The first kappa shape index (κ1) is 23.4. The number of non-ortho nitro benzene ring substituents is 2. The molecule has 14 nitrogen and oxygen atoms in total. The average molecular weight is 448 g/mol. The summed E-state index contributed by atoms with van der Waals surface area (Å²) < 4.78 is 9.31. The van der Waals surface area contributed by atoms with Gasteiger partial charge in [-0.15, -0.1) is 0 Å². The van der Waals surface area contributed by atoms with Crippen molar-refractivity contribution in [1.29, 1.82) is 0 Å². The van der Waals surface area contributed by atoms with Crippen molar-refractivity contribution in [2.75, 3.05) is 0 Å². The van der Waals surface area contributed by atoms with Gasteiger partial charge in [-0.2, -0.15) is 0 Å². The van der Waals surface area contributed by atoms with Crippen molar-refractivity contribution in [3.63, 3.8) is 0 Å². The topological polar surface area (TPSA) is 213 Å². The maximum Gasteiger partial charge on any atom is 0.349 e. The Bertz CT molecular complexity index is 991. The molecule has 166 valence electrons. The number of carboxylic acid groups (broad SMARTS) is 2. The maximum atomic E-state index is 12.2. The second-order valence-electron chi connectivity index (χ2n) is 5.94. The molecule has 2 rings (SSSR count). The summed E-state index contributed by atoms with van der Waals surface area (Å²) in [5.74, 6) is -6.59. The Balaban J connectivity index is 2.21. The van der Waals surface area contributed by atoms with Crippen molar-refractivity contribution in [1.82, 2.24) is 0 Å². The van der Waals surface area contributed by atoms with Gasteiger partial charge in [0.1, 0.15) is 0 Å². The Hall–Kier alpha value is -4.88. The van der Waals surface area contributed by atoms with E-state index < -0.39 is 45.9 Å². The second-order valence-corrected chi connectivity index (χ2v) is 5.94. The number of aliphatic carboxylic acids is 2. The van der Waals surface area contributed by atoms with Crippen LogP contribution in [0.15, 0.2) is 48.5 Å². The van der Waals surface area contributed by atoms with Gasteiger partial charge in [0.25, 0.3) is 11.4 Å². The highest BCUT2D eigenvalue weighted by Crippen LogP contribution is 2.17. The van der Waals surface area contributed by atoms with E-state index >= 15 is 0 Å². The minimum atomic E-state index is -2.47. The monoisotopic (exact) mass is 448 g/mol. The molecule has 32 heavy (non-hydrogen) atoms. The van der Waals surface area contributed by atoms with Crippen LogP contribution in [0.25, 0.3) is 0 Å². The molecular formula is C18H12N2O12. The third-order valence-corrected chi connectivity index (χ3v) is 3.86. The quantitative estimate of drug-likeness (QED) is 0.316. The van der Waals surface area contributed by atoms with Crippen molar-refractivity contribution < 1.29 is 48.7 Å². The number of nitro groups is 2. The number of nitrogens with zero attached hydrogens (tertiary/aromatic N) is 2. The van der Waals surface area contributed by atoms with Gasteiger partial charge in [0.2, 0.25) is 12.2 Å². The van der Waals surface area contributed by atoms with Crippen molar-refractivity contribution in [3.05, 3.63) is 79.9 Å². The molecule has 0 aliphatic rings. The maximum absolute atomic E-state index is 12.2. The molecule has 0 bridgehead atoms. The zero-order valence-corrected chi connectivity index (χ0v) is 15.6. The predicted molar refractivity (Wildman–Crippen MR) is 99.9 cm³/mol. The molecule has 0 radical (unpaired) electrons.